The summed E-state index contributed by atoms with van der Waals surface area (Å²) in [5, 5.41) is 5.66. The molecular weight excluding hydrogens is 460 g/mol. The number of carbonyl (C=O) groups is 1. The fourth-order valence-corrected chi connectivity index (χ4v) is 7.35. The molecule has 0 aliphatic carbocycles. The van der Waals surface area contributed by atoms with E-state index in [1.165, 1.54) is 15.4 Å². The lowest BCUT2D eigenvalue weighted by molar-refractivity contribution is -0.137. The highest BCUT2D eigenvalue weighted by Gasteiger charge is 2.36. The Balaban J connectivity index is 1.30. The first kappa shape index (κ1) is 22.2. The fraction of sp³-hybridized carbons (Fsp3) is 0.435. The molecule has 2 aliphatic heterocycles. The molecule has 0 unspecified atom stereocenters. The Labute approximate surface area is 197 Å². The highest BCUT2D eigenvalue weighted by molar-refractivity contribution is 7.91. The van der Waals surface area contributed by atoms with Crippen molar-refractivity contribution in [2.24, 2.45) is 5.92 Å². The van der Waals surface area contributed by atoms with Gasteiger partial charge in [0.25, 0.3) is 10.0 Å². The first-order chi connectivity index (χ1) is 16.0. The van der Waals surface area contributed by atoms with Crippen molar-refractivity contribution in [1.29, 1.82) is 0 Å². The van der Waals surface area contributed by atoms with Gasteiger partial charge in [0.15, 0.2) is 0 Å². The van der Waals surface area contributed by atoms with Crippen LogP contribution < -0.4 is 0 Å². The van der Waals surface area contributed by atoms with E-state index in [2.05, 4.69) is 22.3 Å². The number of benzene rings is 1. The van der Waals surface area contributed by atoms with Crippen LogP contribution in [0.1, 0.15) is 36.8 Å². The van der Waals surface area contributed by atoms with E-state index >= 15 is 0 Å². The van der Waals surface area contributed by atoms with E-state index in [0.717, 1.165) is 17.8 Å². The molecule has 0 N–H and O–H groups in total. The molecule has 0 saturated carbocycles. The Kier molecular flexibility index (Phi) is 6.07. The van der Waals surface area contributed by atoms with Crippen molar-refractivity contribution in [2.75, 3.05) is 19.6 Å². The van der Waals surface area contributed by atoms with Crippen molar-refractivity contribution in [3.8, 4) is 11.4 Å². The van der Waals surface area contributed by atoms with Crippen molar-refractivity contribution in [3.63, 3.8) is 0 Å². The van der Waals surface area contributed by atoms with Gasteiger partial charge < -0.3 is 9.42 Å². The van der Waals surface area contributed by atoms with E-state index in [-0.39, 0.29) is 22.6 Å². The molecule has 8 nitrogen and oxygen atoms in total. The Hall–Kier alpha value is -2.56. The van der Waals surface area contributed by atoms with Gasteiger partial charge in [0.05, 0.1) is 5.92 Å². The molecule has 1 fully saturated rings. The Morgan fingerprint density at radius 3 is 2.85 bits per heavy atom. The average molecular weight is 487 g/mol. The van der Waals surface area contributed by atoms with E-state index < -0.39 is 10.0 Å². The van der Waals surface area contributed by atoms with E-state index in [9.17, 15) is 13.2 Å². The van der Waals surface area contributed by atoms with Crippen molar-refractivity contribution in [2.45, 2.75) is 43.4 Å². The van der Waals surface area contributed by atoms with Gasteiger partial charge in [0.2, 0.25) is 17.6 Å². The molecule has 3 aromatic rings. The topological polar surface area (TPSA) is 96.6 Å². The molecule has 1 aromatic carbocycles. The molecule has 2 aliphatic rings. The number of hydrogen-bond acceptors (Lipinski definition) is 7. The molecule has 5 rings (SSSR count). The normalized spacial score (nSPS) is 19.4. The van der Waals surface area contributed by atoms with Crippen LogP contribution in [0.5, 0.6) is 0 Å². The Morgan fingerprint density at radius 1 is 1.24 bits per heavy atom. The first-order valence-electron chi connectivity index (χ1n) is 11.2. The molecule has 174 valence electrons. The largest absolute Gasteiger partial charge is 0.339 e. The van der Waals surface area contributed by atoms with Crippen LogP contribution in [0.2, 0.25) is 0 Å². The van der Waals surface area contributed by atoms with E-state index in [1.807, 2.05) is 24.0 Å². The maximum atomic E-state index is 13.3. The minimum absolute atomic E-state index is 0.0511. The highest BCUT2D eigenvalue weighted by atomic mass is 32.2. The van der Waals surface area contributed by atoms with Crippen LogP contribution in [0.15, 0.2) is 44.4 Å². The standard InChI is InChI=1S/C23H26N4O4S2/c1-2-20-24-22(25-31-20)19-12-21(32-15-19)33(29,30)27-10-5-8-18(14-27)23(28)26-11-9-16-6-3-4-7-17(16)13-26/h3-4,6-7,12,15,18H,2,5,8-11,13-14H2,1H3/t18-/m1/s1. The third kappa shape index (κ3) is 4.34. The van der Waals surface area contributed by atoms with Crippen LogP contribution in [0.3, 0.4) is 0 Å². The summed E-state index contributed by atoms with van der Waals surface area (Å²) < 4.78 is 33.5. The monoisotopic (exact) mass is 486 g/mol. The number of hydrogen-bond donors (Lipinski definition) is 0. The summed E-state index contributed by atoms with van der Waals surface area (Å²) in [6.45, 7) is 3.82. The van der Waals surface area contributed by atoms with Gasteiger partial charge in [0.1, 0.15) is 4.21 Å². The lowest BCUT2D eigenvalue weighted by Gasteiger charge is -2.36. The second-order valence-electron chi connectivity index (χ2n) is 8.50. The lowest BCUT2D eigenvalue weighted by atomic mass is 9.95. The molecule has 0 radical (unpaired) electrons. The second kappa shape index (κ2) is 9.00. The number of piperidine rings is 1. The molecule has 0 bridgehead atoms. The summed E-state index contributed by atoms with van der Waals surface area (Å²) in [5.74, 6) is 0.637. The summed E-state index contributed by atoms with van der Waals surface area (Å²) in [6, 6.07) is 9.79. The lowest BCUT2D eigenvalue weighted by Crippen LogP contribution is -2.47. The highest BCUT2D eigenvalue weighted by Crippen LogP contribution is 2.32. The molecule has 2 aromatic heterocycles. The summed E-state index contributed by atoms with van der Waals surface area (Å²) in [6.07, 6.45) is 2.84. The van der Waals surface area contributed by atoms with Crippen LogP contribution in [0, 0.1) is 5.92 Å². The second-order valence-corrected chi connectivity index (χ2v) is 11.6. The zero-order chi connectivity index (χ0) is 23.0. The molecule has 1 amide bonds. The number of amides is 1. The number of aromatic nitrogens is 2. The maximum Gasteiger partial charge on any atom is 0.252 e. The van der Waals surface area contributed by atoms with Gasteiger partial charge in [-0.3, -0.25) is 4.79 Å². The van der Waals surface area contributed by atoms with Crippen LogP contribution >= 0.6 is 11.3 Å². The molecule has 4 heterocycles. The molecule has 33 heavy (non-hydrogen) atoms. The van der Waals surface area contributed by atoms with Gasteiger partial charge in [-0.2, -0.15) is 9.29 Å². The predicted molar refractivity (Wildman–Crippen MR) is 124 cm³/mol. The van der Waals surface area contributed by atoms with Gasteiger partial charge in [-0.1, -0.05) is 36.3 Å². The number of aryl methyl sites for hydroxylation is 1. The summed E-state index contributed by atoms with van der Waals surface area (Å²) in [7, 11) is -3.70. The van der Waals surface area contributed by atoms with Crippen molar-refractivity contribution < 1.29 is 17.7 Å². The van der Waals surface area contributed by atoms with E-state index in [0.29, 0.717) is 56.2 Å². The van der Waals surface area contributed by atoms with Crippen LogP contribution in [-0.2, 0) is 34.2 Å². The zero-order valence-corrected chi connectivity index (χ0v) is 20.1. The summed E-state index contributed by atoms with van der Waals surface area (Å²) >= 11 is 1.15. The van der Waals surface area contributed by atoms with Gasteiger partial charge in [-0.05, 0) is 36.5 Å². The molecular formula is C23H26N4O4S2. The number of carbonyl (C=O) groups excluding carboxylic acids is 1. The Bertz CT molecular complexity index is 1270. The number of rotatable bonds is 5. The number of sulfonamides is 1. The predicted octanol–water partition coefficient (Wildman–Crippen LogP) is 3.35. The van der Waals surface area contributed by atoms with Crippen LogP contribution in [-0.4, -0.2) is 53.3 Å². The molecule has 1 saturated heterocycles. The SMILES string of the molecule is CCc1nc(-c2csc(S(=O)(=O)N3CCC[C@@H](C(=O)N4CCc5ccccc5C4)C3)c2)no1. The molecule has 0 spiro atoms. The van der Waals surface area contributed by atoms with Gasteiger partial charge >= 0.3 is 0 Å². The number of nitrogens with zero attached hydrogens (tertiary/aromatic N) is 4. The third-order valence-corrected chi connectivity index (χ3v) is 9.65. The average Bonchev–Trinajstić information content (AvgIpc) is 3.53. The molecule has 10 heteroatoms. The summed E-state index contributed by atoms with van der Waals surface area (Å²) in [5.41, 5.74) is 3.09. The van der Waals surface area contributed by atoms with Gasteiger partial charge in [-0.15, -0.1) is 11.3 Å². The van der Waals surface area contributed by atoms with Crippen LogP contribution in [0.4, 0.5) is 0 Å². The van der Waals surface area contributed by atoms with Crippen molar-refractivity contribution in [1.82, 2.24) is 19.3 Å². The first-order valence-corrected chi connectivity index (χ1v) is 13.5. The quantitative estimate of drug-likeness (QED) is 0.549. The van der Waals surface area contributed by atoms with Crippen molar-refractivity contribution in [3.05, 3.63) is 52.7 Å². The van der Waals surface area contributed by atoms with Gasteiger partial charge in [0, 0.05) is 43.5 Å². The number of fused-ring (bicyclic) bond motifs is 1. The third-order valence-electron chi connectivity index (χ3n) is 6.37. The maximum absolute atomic E-state index is 13.3. The minimum atomic E-state index is -3.70. The Morgan fingerprint density at radius 2 is 2.06 bits per heavy atom. The van der Waals surface area contributed by atoms with Gasteiger partial charge in [-0.25, -0.2) is 8.42 Å². The summed E-state index contributed by atoms with van der Waals surface area (Å²) in [4.78, 5) is 19.4. The smallest absolute Gasteiger partial charge is 0.252 e. The zero-order valence-electron chi connectivity index (χ0n) is 18.4. The van der Waals surface area contributed by atoms with E-state index in [1.54, 1.807) is 11.4 Å². The van der Waals surface area contributed by atoms with E-state index in [4.69, 9.17) is 4.52 Å². The minimum Gasteiger partial charge on any atom is -0.339 e. The fourth-order valence-electron chi connectivity index (χ4n) is 4.52. The van der Waals surface area contributed by atoms with Crippen LogP contribution in [0.25, 0.3) is 11.4 Å². The number of thiophene rings is 1. The van der Waals surface area contributed by atoms with Crippen molar-refractivity contribution >= 4 is 27.3 Å². The molecule has 1 atom stereocenters.